The second-order valence-electron chi connectivity index (χ2n) is 3.90. The molecule has 0 saturated carbocycles. The highest BCUT2D eigenvalue weighted by molar-refractivity contribution is 5.90. The third-order valence-corrected chi connectivity index (χ3v) is 2.30. The minimum absolute atomic E-state index is 0.179. The first-order valence-corrected chi connectivity index (χ1v) is 5.69. The van der Waals surface area contributed by atoms with Gasteiger partial charge in [0.1, 0.15) is 12.4 Å². The number of anilines is 1. The van der Waals surface area contributed by atoms with E-state index in [2.05, 4.69) is 20.1 Å². The summed E-state index contributed by atoms with van der Waals surface area (Å²) in [5.41, 5.74) is 0.552. The van der Waals surface area contributed by atoms with Gasteiger partial charge in [-0.05, 0) is 6.07 Å². The van der Waals surface area contributed by atoms with Gasteiger partial charge in [0.25, 0.3) is 0 Å². The summed E-state index contributed by atoms with van der Waals surface area (Å²) in [4.78, 5) is 15.6. The van der Waals surface area contributed by atoms with Gasteiger partial charge in [0.2, 0.25) is 5.91 Å². The monoisotopic (exact) mass is 288 g/mol. The fraction of sp³-hybridized carbons (Fsp3) is 0.364. The van der Waals surface area contributed by atoms with Crippen LogP contribution in [0.25, 0.3) is 5.65 Å². The Morgan fingerprint density at radius 2 is 2.15 bits per heavy atom. The molecule has 0 unspecified atom stereocenters. The Balaban J connectivity index is 1.84. The number of nitrogens with zero attached hydrogens (tertiary/aromatic N) is 3. The zero-order valence-electron chi connectivity index (χ0n) is 10.2. The number of carbonyl (C=O) groups excluding carboxylic acids is 1. The van der Waals surface area contributed by atoms with E-state index in [0.29, 0.717) is 11.5 Å². The van der Waals surface area contributed by atoms with Gasteiger partial charge in [0.05, 0.1) is 19.2 Å². The average molecular weight is 288 g/mol. The van der Waals surface area contributed by atoms with Crippen LogP contribution in [0.2, 0.25) is 0 Å². The summed E-state index contributed by atoms with van der Waals surface area (Å²) < 4.78 is 41.2. The molecule has 2 heterocycles. The zero-order chi connectivity index (χ0) is 14.6. The number of fused-ring (bicyclic) bond motifs is 1. The van der Waals surface area contributed by atoms with Crippen molar-refractivity contribution in [3.63, 3.8) is 0 Å². The number of nitrogens with one attached hydrogen (secondary N) is 1. The van der Waals surface area contributed by atoms with Crippen molar-refractivity contribution in [3.8, 4) is 0 Å². The number of carbonyl (C=O) groups is 1. The first-order chi connectivity index (χ1) is 9.46. The summed E-state index contributed by atoms with van der Waals surface area (Å²) in [7, 11) is 0. The van der Waals surface area contributed by atoms with Crippen LogP contribution < -0.4 is 5.32 Å². The molecule has 2 aromatic heterocycles. The lowest BCUT2D eigenvalue weighted by Crippen LogP contribution is -2.20. The number of hydrogen-bond acceptors (Lipinski definition) is 4. The van der Waals surface area contributed by atoms with E-state index in [1.165, 1.54) is 23.0 Å². The van der Waals surface area contributed by atoms with E-state index in [1.54, 1.807) is 6.07 Å². The molecule has 1 N–H and O–H groups in total. The maximum Gasteiger partial charge on any atom is 0.411 e. The van der Waals surface area contributed by atoms with Gasteiger partial charge in [-0.15, -0.1) is 0 Å². The van der Waals surface area contributed by atoms with E-state index in [4.69, 9.17) is 0 Å². The molecule has 20 heavy (non-hydrogen) atoms. The molecule has 0 saturated heterocycles. The van der Waals surface area contributed by atoms with Crippen LogP contribution in [-0.4, -0.2) is 39.9 Å². The summed E-state index contributed by atoms with van der Waals surface area (Å²) >= 11 is 0. The fourth-order valence-electron chi connectivity index (χ4n) is 1.49. The van der Waals surface area contributed by atoms with Crippen LogP contribution in [0.15, 0.2) is 24.5 Å². The Labute approximate surface area is 111 Å². The van der Waals surface area contributed by atoms with E-state index < -0.39 is 18.7 Å². The molecule has 0 aliphatic rings. The van der Waals surface area contributed by atoms with Crippen molar-refractivity contribution in [2.45, 2.75) is 12.6 Å². The Hall–Kier alpha value is -2.16. The first-order valence-electron chi connectivity index (χ1n) is 5.69. The molecule has 1 amide bonds. The van der Waals surface area contributed by atoms with Gasteiger partial charge in [-0.25, -0.2) is 4.98 Å². The molecule has 0 aliphatic heterocycles. The van der Waals surface area contributed by atoms with Crippen LogP contribution in [0.5, 0.6) is 0 Å². The van der Waals surface area contributed by atoms with Crippen LogP contribution in [-0.2, 0) is 9.53 Å². The maximum atomic E-state index is 11.8. The molecule has 0 aromatic carbocycles. The van der Waals surface area contributed by atoms with E-state index in [0.717, 1.165) is 0 Å². The topological polar surface area (TPSA) is 68.5 Å². The normalized spacial score (nSPS) is 11.8. The quantitative estimate of drug-likeness (QED) is 0.849. The summed E-state index contributed by atoms with van der Waals surface area (Å²) in [5.74, 6) is -0.0732. The molecule has 0 atom stereocenters. The summed E-state index contributed by atoms with van der Waals surface area (Å²) in [6.07, 6.45) is -1.55. The molecule has 2 aromatic rings. The Kier molecular flexibility index (Phi) is 4.18. The molecule has 6 nitrogen and oxygen atoms in total. The highest BCUT2D eigenvalue weighted by Crippen LogP contribution is 2.14. The molecule has 0 aliphatic carbocycles. The van der Waals surface area contributed by atoms with Crippen molar-refractivity contribution in [1.29, 1.82) is 0 Å². The molecule has 2 rings (SSSR count). The third kappa shape index (κ3) is 3.92. The molecular formula is C11H11F3N4O2. The molecule has 0 spiro atoms. The Morgan fingerprint density at radius 3 is 2.90 bits per heavy atom. The molecule has 0 radical (unpaired) electrons. The average Bonchev–Trinajstić information content (AvgIpc) is 2.83. The number of hydrogen-bond donors (Lipinski definition) is 1. The lowest BCUT2D eigenvalue weighted by Gasteiger charge is -2.08. The zero-order valence-corrected chi connectivity index (χ0v) is 10.2. The minimum atomic E-state index is -4.39. The highest BCUT2D eigenvalue weighted by atomic mass is 19.4. The van der Waals surface area contributed by atoms with E-state index in [1.807, 2.05) is 0 Å². The van der Waals surface area contributed by atoms with Crippen molar-refractivity contribution in [2.75, 3.05) is 18.5 Å². The molecule has 9 heteroatoms. The van der Waals surface area contributed by atoms with Gasteiger partial charge in [0.15, 0.2) is 5.65 Å². The number of amides is 1. The Morgan fingerprint density at radius 1 is 1.35 bits per heavy atom. The maximum absolute atomic E-state index is 11.8. The standard InChI is InChI=1S/C11H11F3N4O2/c12-11(13,14)7-20-6-3-10(19)17-9-1-4-15-8-2-5-16-18(8)9/h1-2,4-5H,3,6-7H2,(H,17,19). The van der Waals surface area contributed by atoms with Gasteiger partial charge in [-0.3, -0.25) is 4.79 Å². The summed E-state index contributed by atoms with van der Waals surface area (Å²) in [6.45, 7) is -1.67. The summed E-state index contributed by atoms with van der Waals surface area (Å²) in [6, 6.07) is 3.19. The lowest BCUT2D eigenvalue weighted by atomic mass is 10.4. The van der Waals surface area contributed by atoms with Crippen LogP contribution in [0.3, 0.4) is 0 Å². The van der Waals surface area contributed by atoms with Gasteiger partial charge in [-0.1, -0.05) is 0 Å². The number of rotatable bonds is 5. The van der Waals surface area contributed by atoms with Crippen LogP contribution in [0.4, 0.5) is 19.0 Å². The second-order valence-corrected chi connectivity index (χ2v) is 3.90. The second kappa shape index (κ2) is 5.87. The van der Waals surface area contributed by atoms with Crippen LogP contribution in [0.1, 0.15) is 6.42 Å². The van der Waals surface area contributed by atoms with Gasteiger partial charge in [0, 0.05) is 12.3 Å². The van der Waals surface area contributed by atoms with Gasteiger partial charge < -0.3 is 10.1 Å². The lowest BCUT2D eigenvalue weighted by molar-refractivity contribution is -0.174. The van der Waals surface area contributed by atoms with Crippen LogP contribution in [0, 0.1) is 0 Å². The number of halogens is 3. The van der Waals surface area contributed by atoms with Crippen molar-refractivity contribution >= 4 is 17.4 Å². The van der Waals surface area contributed by atoms with Crippen molar-refractivity contribution in [2.24, 2.45) is 0 Å². The predicted molar refractivity (Wildman–Crippen MR) is 63.1 cm³/mol. The fourth-order valence-corrected chi connectivity index (χ4v) is 1.49. The minimum Gasteiger partial charge on any atom is -0.372 e. The van der Waals surface area contributed by atoms with E-state index in [9.17, 15) is 18.0 Å². The van der Waals surface area contributed by atoms with Gasteiger partial charge >= 0.3 is 6.18 Å². The molecule has 108 valence electrons. The van der Waals surface area contributed by atoms with Crippen molar-refractivity contribution in [3.05, 3.63) is 24.5 Å². The predicted octanol–water partition coefficient (Wildman–Crippen LogP) is 1.64. The molecular weight excluding hydrogens is 277 g/mol. The number of ether oxygens (including phenoxy) is 1. The van der Waals surface area contributed by atoms with Crippen LogP contribution >= 0.6 is 0 Å². The van der Waals surface area contributed by atoms with E-state index >= 15 is 0 Å². The third-order valence-electron chi connectivity index (χ3n) is 2.30. The summed E-state index contributed by atoms with van der Waals surface area (Å²) in [5, 5.41) is 6.49. The highest BCUT2D eigenvalue weighted by Gasteiger charge is 2.27. The first kappa shape index (κ1) is 14.3. The molecule has 0 fully saturated rings. The van der Waals surface area contributed by atoms with E-state index in [-0.39, 0.29) is 13.0 Å². The SMILES string of the molecule is O=C(CCOCC(F)(F)F)Nc1ccnc2ccnn12. The number of alkyl halides is 3. The van der Waals surface area contributed by atoms with Crippen molar-refractivity contribution in [1.82, 2.24) is 14.6 Å². The van der Waals surface area contributed by atoms with Gasteiger partial charge in [-0.2, -0.15) is 22.8 Å². The molecule has 0 bridgehead atoms. The smallest absolute Gasteiger partial charge is 0.372 e. The largest absolute Gasteiger partial charge is 0.411 e. The van der Waals surface area contributed by atoms with Crippen molar-refractivity contribution < 1.29 is 22.7 Å². The Bertz CT molecular complexity index is 597. The number of aromatic nitrogens is 3.